The first-order valence-corrected chi connectivity index (χ1v) is 8.48. The molecule has 25 heavy (non-hydrogen) atoms. The number of nitrogens with zero attached hydrogens (tertiary/aromatic N) is 1. The van der Waals surface area contributed by atoms with Crippen LogP contribution < -0.4 is 10.1 Å². The van der Waals surface area contributed by atoms with E-state index in [1.807, 2.05) is 0 Å². The molecule has 0 aliphatic carbocycles. The number of esters is 1. The second-order valence-electron chi connectivity index (χ2n) is 5.63. The van der Waals surface area contributed by atoms with E-state index in [2.05, 4.69) is 10.3 Å². The van der Waals surface area contributed by atoms with E-state index in [1.54, 1.807) is 20.8 Å². The molecule has 1 aromatic carbocycles. The first-order valence-electron chi connectivity index (χ1n) is 7.66. The van der Waals surface area contributed by atoms with E-state index in [-0.39, 0.29) is 18.2 Å². The monoisotopic (exact) mass is 366 g/mol. The molecule has 0 aliphatic heterocycles. The van der Waals surface area contributed by atoms with Crippen LogP contribution in [0.2, 0.25) is 0 Å². The second kappa shape index (κ2) is 8.06. The average Bonchev–Trinajstić information content (AvgIpc) is 2.96. The predicted octanol–water partition coefficient (Wildman–Crippen LogP) is 3.18. The first kappa shape index (κ1) is 18.9. The van der Waals surface area contributed by atoms with E-state index in [4.69, 9.17) is 9.47 Å². The van der Waals surface area contributed by atoms with Gasteiger partial charge in [-0.2, -0.15) is 0 Å². The molecule has 2 rings (SSSR count). The Morgan fingerprint density at radius 2 is 1.96 bits per heavy atom. The van der Waals surface area contributed by atoms with Gasteiger partial charge in [0.15, 0.2) is 10.7 Å². The van der Waals surface area contributed by atoms with Crippen LogP contribution in [-0.4, -0.2) is 29.1 Å². The summed E-state index contributed by atoms with van der Waals surface area (Å²) in [5.41, 5.74) is -1.19. The molecule has 2 aromatic rings. The zero-order chi connectivity index (χ0) is 18.4. The maximum Gasteiger partial charge on any atom is 0.311 e. The molecule has 0 spiro atoms. The highest BCUT2D eigenvalue weighted by molar-refractivity contribution is 7.15. The van der Waals surface area contributed by atoms with Crippen LogP contribution in [0.25, 0.3) is 0 Å². The van der Waals surface area contributed by atoms with Gasteiger partial charge in [-0.15, -0.1) is 11.3 Å². The van der Waals surface area contributed by atoms with Crippen molar-refractivity contribution in [3.05, 3.63) is 41.2 Å². The molecule has 0 aliphatic rings. The summed E-state index contributed by atoms with van der Waals surface area (Å²) >= 11 is 1.19. The van der Waals surface area contributed by atoms with Crippen LogP contribution in [0.4, 0.5) is 9.52 Å². The lowest BCUT2D eigenvalue weighted by Crippen LogP contribution is -2.42. The SMILES string of the molecule is CCOC(=O)Cc1cnc(NC(=O)C(C)(C)Oc2ccc(F)cc2)s1. The number of ether oxygens (including phenoxy) is 2. The van der Waals surface area contributed by atoms with Gasteiger partial charge in [0.2, 0.25) is 0 Å². The highest BCUT2D eigenvalue weighted by Gasteiger charge is 2.30. The van der Waals surface area contributed by atoms with Gasteiger partial charge in [-0.25, -0.2) is 9.37 Å². The summed E-state index contributed by atoms with van der Waals surface area (Å²) in [6.07, 6.45) is 1.63. The van der Waals surface area contributed by atoms with Crippen LogP contribution in [-0.2, 0) is 20.7 Å². The van der Waals surface area contributed by atoms with Gasteiger partial charge in [0.05, 0.1) is 13.0 Å². The molecule has 0 saturated heterocycles. The summed E-state index contributed by atoms with van der Waals surface area (Å²) in [7, 11) is 0. The largest absolute Gasteiger partial charge is 0.478 e. The van der Waals surface area contributed by atoms with Crippen molar-refractivity contribution >= 4 is 28.3 Å². The zero-order valence-electron chi connectivity index (χ0n) is 14.2. The molecule has 6 nitrogen and oxygen atoms in total. The fraction of sp³-hybridized carbons (Fsp3) is 0.353. The quantitative estimate of drug-likeness (QED) is 0.762. The Bertz CT molecular complexity index is 743. The lowest BCUT2D eigenvalue weighted by atomic mass is 10.1. The molecular formula is C17H19FN2O4S. The highest BCUT2D eigenvalue weighted by atomic mass is 32.1. The van der Waals surface area contributed by atoms with Crippen molar-refractivity contribution in [2.75, 3.05) is 11.9 Å². The van der Waals surface area contributed by atoms with Crippen LogP contribution in [0, 0.1) is 5.82 Å². The molecule has 1 aromatic heterocycles. The smallest absolute Gasteiger partial charge is 0.311 e. The van der Waals surface area contributed by atoms with Crippen LogP contribution in [0.15, 0.2) is 30.5 Å². The maximum absolute atomic E-state index is 12.9. The van der Waals surface area contributed by atoms with E-state index >= 15 is 0 Å². The Labute approximate surface area is 149 Å². The van der Waals surface area contributed by atoms with Crippen molar-refractivity contribution in [1.29, 1.82) is 0 Å². The molecule has 8 heteroatoms. The minimum absolute atomic E-state index is 0.108. The van der Waals surface area contributed by atoms with Crippen molar-refractivity contribution in [2.24, 2.45) is 0 Å². The summed E-state index contributed by atoms with van der Waals surface area (Å²) in [5, 5.41) is 3.02. The summed E-state index contributed by atoms with van der Waals surface area (Å²) in [4.78, 5) is 28.6. The number of amides is 1. The zero-order valence-corrected chi connectivity index (χ0v) is 15.0. The molecule has 0 bridgehead atoms. The number of hydrogen-bond donors (Lipinski definition) is 1. The molecule has 1 heterocycles. The predicted molar refractivity (Wildman–Crippen MR) is 92.2 cm³/mol. The first-order chi connectivity index (χ1) is 11.8. The van der Waals surface area contributed by atoms with Gasteiger partial charge in [-0.3, -0.25) is 14.9 Å². The van der Waals surface area contributed by atoms with Crippen LogP contribution in [0.3, 0.4) is 0 Å². The number of carbonyl (C=O) groups is 2. The normalized spacial score (nSPS) is 11.0. The standard InChI is InChI=1S/C17H19FN2O4S/c1-4-23-14(21)9-13-10-19-16(25-13)20-15(22)17(2,3)24-12-7-5-11(18)6-8-12/h5-8,10H,4,9H2,1-3H3,(H,19,20,22). The number of hydrogen-bond acceptors (Lipinski definition) is 6. The molecule has 0 fully saturated rings. The molecule has 0 radical (unpaired) electrons. The number of carbonyl (C=O) groups excluding carboxylic acids is 2. The number of rotatable bonds is 7. The highest BCUT2D eigenvalue weighted by Crippen LogP contribution is 2.23. The van der Waals surface area contributed by atoms with Crippen LogP contribution in [0.5, 0.6) is 5.75 Å². The Balaban J connectivity index is 1.97. The minimum Gasteiger partial charge on any atom is -0.478 e. The number of aromatic nitrogens is 1. The topological polar surface area (TPSA) is 77.5 Å². The molecule has 134 valence electrons. The summed E-state index contributed by atoms with van der Waals surface area (Å²) in [6, 6.07) is 5.41. The number of halogens is 1. The van der Waals surface area contributed by atoms with E-state index in [0.717, 1.165) is 0 Å². The number of thiazole rings is 1. The third kappa shape index (κ3) is 5.53. The van der Waals surface area contributed by atoms with Gasteiger partial charge in [-0.1, -0.05) is 0 Å². The lowest BCUT2D eigenvalue weighted by Gasteiger charge is -2.24. The molecule has 1 N–H and O–H groups in total. The molecule has 1 amide bonds. The Morgan fingerprint density at radius 1 is 1.28 bits per heavy atom. The van der Waals surface area contributed by atoms with E-state index in [0.29, 0.717) is 22.4 Å². The van der Waals surface area contributed by atoms with Crippen molar-refractivity contribution in [1.82, 2.24) is 4.98 Å². The number of nitrogens with one attached hydrogen (secondary N) is 1. The van der Waals surface area contributed by atoms with Gasteiger partial charge in [0.25, 0.3) is 5.91 Å². The minimum atomic E-state index is -1.19. The van der Waals surface area contributed by atoms with Gasteiger partial charge in [-0.05, 0) is 45.0 Å². The number of anilines is 1. The van der Waals surface area contributed by atoms with Crippen molar-refractivity contribution in [2.45, 2.75) is 32.8 Å². The van der Waals surface area contributed by atoms with E-state index in [9.17, 15) is 14.0 Å². The van der Waals surface area contributed by atoms with Crippen LogP contribution >= 0.6 is 11.3 Å². The summed E-state index contributed by atoms with van der Waals surface area (Å²) in [6.45, 7) is 5.24. The lowest BCUT2D eigenvalue weighted by molar-refractivity contribution is -0.142. The summed E-state index contributed by atoms with van der Waals surface area (Å²) in [5.74, 6) is -0.756. The van der Waals surface area contributed by atoms with Gasteiger partial charge in [0.1, 0.15) is 11.6 Å². The van der Waals surface area contributed by atoms with Gasteiger partial charge in [0, 0.05) is 11.1 Å². The van der Waals surface area contributed by atoms with Crippen molar-refractivity contribution in [3.63, 3.8) is 0 Å². The molecule has 0 atom stereocenters. The van der Waals surface area contributed by atoms with Crippen molar-refractivity contribution in [3.8, 4) is 5.75 Å². The Morgan fingerprint density at radius 3 is 2.60 bits per heavy atom. The Kier molecular flexibility index (Phi) is 6.08. The number of benzene rings is 1. The Hall–Kier alpha value is -2.48. The third-order valence-electron chi connectivity index (χ3n) is 3.13. The van der Waals surface area contributed by atoms with Crippen molar-refractivity contribution < 1.29 is 23.5 Å². The van der Waals surface area contributed by atoms with Gasteiger partial charge < -0.3 is 9.47 Å². The fourth-order valence-electron chi connectivity index (χ4n) is 1.89. The van der Waals surface area contributed by atoms with Crippen LogP contribution in [0.1, 0.15) is 25.6 Å². The molecular weight excluding hydrogens is 347 g/mol. The molecule has 0 saturated carbocycles. The summed E-state index contributed by atoms with van der Waals surface area (Å²) < 4.78 is 23.4. The fourth-order valence-corrected chi connectivity index (χ4v) is 2.69. The van der Waals surface area contributed by atoms with E-state index in [1.165, 1.54) is 41.8 Å². The van der Waals surface area contributed by atoms with E-state index < -0.39 is 11.5 Å². The second-order valence-corrected chi connectivity index (χ2v) is 6.75. The maximum atomic E-state index is 12.9. The van der Waals surface area contributed by atoms with Gasteiger partial charge >= 0.3 is 5.97 Å². The third-order valence-corrected chi connectivity index (χ3v) is 4.04. The average molecular weight is 366 g/mol. The molecule has 0 unspecified atom stereocenters.